The summed E-state index contributed by atoms with van der Waals surface area (Å²) >= 11 is 0. The summed E-state index contributed by atoms with van der Waals surface area (Å²) in [5.41, 5.74) is 5.07. The summed E-state index contributed by atoms with van der Waals surface area (Å²) in [7, 11) is 3.12. The lowest BCUT2D eigenvalue weighted by Gasteiger charge is -2.15. The topological polar surface area (TPSA) is 83.4 Å². The molecule has 0 bridgehead atoms. The van der Waals surface area contributed by atoms with E-state index in [0.717, 1.165) is 4.57 Å². The van der Waals surface area contributed by atoms with Gasteiger partial charge in [-0.05, 0) is 30.3 Å². The number of rotatable bonds is 5. The Balaban J connectivity index is 2.16. The molecule has 0 spiro atoms. The minimum Gasteiger partial charge on any atom is -0.347 e. The van der Waals surface area contributed by atoms with Crippen molar-refractivity contribution in [1.82, 2.24) is 14.9 Å². The zero-order valence-electron chi connectivity index (χ0n) is 13.2. The van der Waals surface area contributed by atoms with E-state index in [1.165, 1.54) is 47.4 Å². The number of benzene rings is 1. The highest BCUT2D eigenvalue weighted by Crippen LogP contribution is 2.07. The summed E-state index contributed by atoms with van der Waals surface area (Å²) in [4.78, 5) is 37.4. The zero-order chi connectivity index (χ0) is 17.7. The van der Waals surface area contributed by atoms with E-state index in [4.69, 9.17) is 0 Å². The fraction of sp³-hybridized carbons (Fsp3) is 0.188. The number of halogens is 1. The third kappa shape index (κ3) is 4.19. The molecule has 1 heterocycles. The molecule has 0 aliphatic carbocycles. The molecular formula is C16H17FN4O3. The maximum atomic E-state index is 12.8. The lowest BCUT2D eigenvalue weighted by Crippen LogP contribution is -2.38. The monoisotopic (exact) mass is 332 g/mol. The standard InChI is InChI=1S/C16H17FN4O3/c1-20(2)15(23)10-21-13(4-3-5-14(21)22)16(24)19-18-12-8-6-11(17)7-9-12/h3-9,18H,10H2,1-2H3,(H,19,24). The molecule has 2 amide bonds. The molecule has 0 saturated heterocycles. The van der Waals surface area contributed by atoms with E-state index < -0.39 is 17.3 Å². The fourth-order valence-electron chi connectivity index (χ4n) is 1.88. The van der Waals surface area contributed by atoms with E-state index >= 15 is 0 Å². The maximum absolute atomic E-state index is 12.8. The minimum absolute atomic E-state index is 0.0345. The number of nitrogens with one attached hydrogen (secondary N) is 2. The van der Waals surface area contributed by atoms with Gasteiger partial charge in [0, 0.05) is 20.2 Å². The van der Waals surface area contributed by atoms with Crippen molar-refractivity contribution in [3.05, 3.63) is 64.3 Å². The first kappa shape index (κ1) is 17.2. The van der Waals surface area contributed by atoms with Gasteiger partial charge in [-0.2, -0.15) is 0 Å². The van der Waals surface area contributed by atoms with Crippen LogP contribution in [0.5, 0.6) is 0 Å². The quantitative estimate of drug-likeness (QED) is 0.795. The number of hydrogen-bond acceptors (Lipinski definition) is 4. The number of carbonyl (C=O) groups excluding carboxylic acids is 2. The van der Waals surface area contributed by atoms with E-state index in [2.05, 4.69) is 10.9 Å². The van der Waals surface area contributed by atoms with Crippen LogP contribution in [0.25, 0.3) is 0 Å². The summed E-state index contributed by atoms with van der Waals surface area (Å²) in [5.74, 6) is -1.31. The molecular weight excluding hydrogens is 315 g/mol. The molecule has 24 heavy (non-hydrogen) atoms. The van der Waals surface area contributed by atoms with Crippen LogP contribution >= 0.6 is 0 Å². The molecule has 0 aliphatic rings. The van der Waals surface area contributed by atoms with Gasteiger partial charge in [-0.1, -0.05) is 6.07 Å². The van der Waals surface area contributed by atoms with Crippen molar-refractivity contribution in [2.75, 3.05) is 19.5 Å². The first-order valence-electron chi connectivity index (χ1n) is 7.10. The van der Waals surface area contributed by atoms with Gasteiger partial charge in [-0.15, -0.1) is 0 Å². The molecule has 8 heteroatoms. The zero-order valence-corrected chi connectivity index (χ0v) is 13.2. The summed E-state index contributed by atoms with van der Waals surface area (Å²) < 4.78 is 13.9. The van der Waals surface area contributed by atoms with Gasteiger partial charge in [0.25, 0.3) is 11.5 Å². The van der Waals surface area contributed by atoms with E-state index in [9.17, 15) is 18.8 Å². The predicted molar refractivity (Wildman–Crippen MR) is 86.9 cm³/mol. The van der Waals surface area contributed by atoms with E-state index in [1.54, 1.807) is 14.1 Å². The molecule has 1 aromatic heterocycles. The predicted octanol–water partition coefficient (Wildman–Crippen LogP) is 0.832. The lowest BCUT2D eigenvalue weighted by molar-refractivity contribution is -0.129. The molecule has 2 N–H and O–H groups in total. The molecule has 0 unspecified atom stereocenters. The summed E-state index contributed by atoms with van der Waals surface area (Å²) in [5, 5.41) is 0. The number of hydrazine groups is 1. The van der Waals surface area contributed by atoms with Gasteiger partial charge < -0.3 is 4.90 Å². The van der Waals surface area contributed by atoms with Crippen molar-refractivity contribution < 1.29 is 14.0 Å². The average molecular weight is 332 g/mol. The van der Waals surface area contributed by atoms with Crippen molar-refractivity contribution in [3.63, 3.8) is 0 Å². The molecule has 126 valence electrons. The van der Waals surface area contributed by atoms with Gasteiger partial charge in [0.2, 0.25) is 5.91 Å². The molecule has 0 fully saturated rings. The van der Waals surface area contributed by atoms with Crippen LogP contribution in [0.15, 0.2) is 47.3 Å². The number of likely N-dealkylation sites (N-methyl/N-ethyl adjacent to an activating group) is 1. The van der Waals surface area contributed by atoms with Gasteiger partial charge in [0.15, 0.2) is 0 Å². The van der Waals surface area contributed by atoms with Crippen LogP contribution in [0.1, 0.15) is 10.5 Å². The molecule has 0 atom stereocenters. The van der Waals surface area contributed by atoms with Crippen LogP contribution in [-0.2, 0) is 11.3 Å². The van der Waals surface area contributed by atoms with Crippen LogP contribution in [-0.4, -0.2) is 35.4 Å². The molecule has 7 nitrogen and oxygen atoms in total. The third-order valence-electron chi connectivity index (χ3n) is 3.24. The number of anilines is 1. The number of aromatic nitrogens is 1. The fourth-order valence-corrected chi connectivity index (χ4v) is 1.88. The van der Waals surface area contributed by atoms with Crippen LogP contribution in [0.3, 0.4) is 0 Å². The van der Waals surface area contributed by atoms with Crippen LogP contribution in [0, 0.1) is 5.82 Å². The second kappa shape index (κ2) is 7.40. The molecule has 1 aromatic carbocycles. The van der Waals surface area contributed by atoms with Crippen LogP contribution in [0.4, 0.5) is 10.1 Å². The van der Waals surface area contributed by atoms with Crippen molar-refractivity contribution in [1.29, 1.82) is 0 Å². The highest BCUT2D eigenvalue weighted by Gasteiger charge is 2.15. The second-order valence-corrected chi connectivity index (χ2v) is 5.21. The maximum Gasteiger partial charge on any atom is 0.286 e. The first-order valence-corrected chi connectivity index (χ1v) is 7.10. The Hall–Kier alpha value is -3.16. The Morgan fingerprint density at radius 1 is 1.12 bits per heavy atom. The number of pyridine rings is 1. The third-order valence-corrected chi connectivity index (χ3v) is 3.24. The number of hydrogen-bond donors (Lipinski definition) is 2. The Kier molecular flexibility index (Phi) is 5.31. The Bertz CT molecular complexity index is 800. The number of carbonyl (C=O) groups is 2. The molecule has 0 saturated carbocycles. The highest BCUT2D eigenvalue weighted by molar-refractivity contribution is 5.93. The number of amides is 2. The Labute approximate surface area is 137 Å². The van der Waals surface area contributed by atoms with E-state index in [0.29, 0.717) is 5.69 Å². The Morgan fingerprint density at radius 3 is 2.42 bits per heavy atom. The van der Waals surface area contributed by atoms with E-state index in [-0.39, 0.29) is 18.1 Å². The van der Waals surface area contributed by atoms with Crippen LogP contribution in [0.2, 0.25) is 0 Å². The van der Waals surface area contributed by atoms with Gasteiger partial charge in [-0.25, -0.2) is 4.39 Å². The number of nitrogens with zero attached hydrogens (tertiary/aromatic N) is 2. The Morgan fingerprint density at radius 2 is 1.79 bits per heavy atom. The normalized spacial score (nSPS) is 10.1. The van der Waals surface area contributed by atoms with Gasteiger partial charge in [0.05, 0.1) is 5.69 Å². The van der Waals surface area contributed by atoms with Crippen molar-refractivity contribution in [2.45, 2.75) is 6.54 Å². The summed E-state index contributed by atoms with van der Waals surface area (Å²) in [6, 6.07) is 9.52. The summed E-state index contributed by atoms with van der Waals surface area (Å²) in [6.07, 6.45) is 0. The highest BCUT2D eigenvalue weighted by atomic mass is 19.1. The molecule has 2 aromatic rings. The van der Waals surface area contributed by atoms with Crippen LogP contribution < -0.4 is 16.4 Å². The SMILES string of the molecule is CN(C)C(=O)Cn1c(C(=O)NNc2ccc(F)cc2)cccc1=O. The molecule has 0 radical (unpaired) electrons. The second-order valence-electron chi connectivity index (χ2n) is 5.21. The summed E-state index contributed by atoms with van der Waals surface area (Å²) in [6.45, 7) is -0.244. The van der Waals surface area contributed by atoms with Gasteiger partial charge in [0.1, 0.15) is 18.1 Å². The van der Waals surface area contributed by atoms with Crippen molar-refractivity contribution in [3.8, 4) is 0 Å². The van der Waals surface area contributed by atoms with Crippen molar-refractivity contribution >= 4 is 17.5 Å². The minimum atomic E-state index is -0.594. The first-order chi connectivity index (χ1) is 11.4. The van der Waals surface area contributed by atoms with Gasteiger partial charge in [-0.3, -0.25) is 29.8 Å². The largest absolute Gasteiger partial charge is 0.347 e. The van der Waals surface area contributed by atoms with Crippen molar-refractivity contribution in [2.24, 2.45) is 0 Å². The average Bonchev–Trinajstić information content (AvgIpc) is 2.55. The smallest absolute Gasteiger partial charge is 0.286 e. The van der Waals surface area contributed by atoms with Gasteiger partial charge >= 0.3 is 0 Å². The molecule has 0 aliphatic heterocycles. The lowest BCUT2D eigenvalue weighted by atomic mass is 10.3. The molecule has 2 rings (SSSR count). The van der Waals surface area contributed by atoms with E-state index in [1.807, 2.05) is 0 Å².